The van der Waals surface area contributed by atoms with Gasteiger partial charge in [0.2, 0.25) is 5.91 Å². The van der Waals surface area contributed by atoms with Crippen LogP contribution in [0.2, 0.25) is 5.02 Å². The first-order valence-electron chi connectivity index (χ1n) is 7.55. The number of carbonyl (C=O) groups excluding carboxylic acids is 1. The fraction of sp³-hybridized carbons (Fsp3) is 0.533. The lowest BCUT2D eigenvalue weighted by Gasteiger charge is -2.35. The summed E-state index contributed by atoms with van der Waals surface area (Å²) in [6.45, 7) is 4.75. The topological polar surface area (TPSA) is 66.8 Å². The summed E-state index contributed by atoms with van der Waals surface area (Å²) in [5.41, 5.74) is 2.67. The second kappa shape index (κ2) is 6.12. The van der Waals surface area contributed by atoms with Crippen molar-refractivity contribution in [3.63, 3.8) is 0 Å². The summed E-state index contributed by atoms with van der Waals surface area (Å²) in [5.74, 6) is 0.0770. The molecule has 2 aromatic heterocycles. The molecule has 1 amide bonds. The van der Waals surface area contributed by atoms with Gasteiger partial charge in [-0.3, -0.25) is 14.6 Å². The Morgan fingerprint density at radius 2 is 2.27 bits per heavy atom. The average molecular weight is 322 g/mol. The van der Waals surface area contributed by atoms with Crippen LogP contribution in [-0.2, 0) is 11.3 Å². The Bertz CT molecular complexity index is 664. The molecule has 1 unspecified atom stereocenters. The highest BCUT2D eigenvalue weighted by molar-refractivity contribution is 6.31. The van der Waals surface area contributed by atoms with Gasteiger partial charge in [0.1, 0.15) is 6.54 Å². The van der Waals surface area contributed by atoms with E-state index in [2.05, 4.69) is 15.3 Å². The van der Waals surface area contributed by atoms with Gasteiger partial charge in [0, 0.05) is 18.3 Å². The van der Waals surface area contributed by atoms with Crippen LogP contribution >= 0.6 is 11.6 Å². The van der Waals surface area contributed by atoms with Gasteiger partial charge >= 0.3 is 0 Å². The number of hydrogen-bond donors (Lipinski definition) is 1. The van der Waals surface area contributed by atoms with E-state index in [1.807, 2.05) is 24.9 Å². The first-order valence-corrected chi connectivity index (χ1v) is 7.93. The predicted molar refractivity (Wildman–Crippen MR) is 83.6 cm³/mol. The smallest absolute Gasteiger partial charge is 0.244 e. The quantitative estimate of drug-likeness (QED) is 0.945. The third-order valence-electron chi connectivity index (χ3n) is 4.31. The summed E-state index contributed by atoms with van der Waals surface area (Å²) < 4.78 is 1.70. The highest BCUT2D eigenvalue weighted by Gasteiger charge is 2.29. The lowest BCUT2D eigenvalue weighted by Crippen LogP contribution is -2.40. The van der Waals surface area contributed by atoms with Gasteiger partial charge in [-0.05, 0) is 33.1 Å². The predicted octanol–water partition coefficient (Wildman–Crippen LogP) is 2.63. The molecule has 0 bridgehead atoms. The van der Waals surface area contributed by atoms with E-state index in [1.54, 1.807) is 10.9 Å². The maximum absolute atomic E-state index is 12.7. The minimum absolute atomic E-state index is 0.0770. The lowest BCUT2D eigenvalue weighted by atomic mass is 9.97. The van der Waals surface area contributed by atoms with E-state index in [0.29, 0.717) is 5.02 Å². The molecule has 1 N–H and O–H groups in total. The fourth-order valence-electron chi connectivity index (χ4n) is 3.07. The summed E-state index contributed by atoms with van der Waals surface area (Å²) >= 11 is 6.16. The zero-order valence-electron chi connectivity index (χ0n) is 12.8. The van der Waals surface area contributed by atoms with Crippen LogP contribution in [-0.4, -0.2) is 37.3 Å². The van der Waals surface area contributed by atoms with Crippen molar-refractivity contribution in [1.82, 2.24) is 24.9 Å². The number of nitrogens with one attached hydrogen (secondary N) is 1. The lowest BCUT2D eigenvalue weighted by molar-refractivity contribution is -0.136. The molecular weight excluding hydrogens is 302 g/mol. The number of rotatable bonds is 3. The summed E-state index contributed by atoms with van der Waals surface area (Å²) in [7, 11) is 0. The minimum Gasteiger partial charge on any atom is -0.334 e. The molecule has 3 rings (SSSR count). The SMILES string of the molecule is Cc1nn(CC(=O)N2CCCCC2c2cn[nH]c2)c(C)c1Cl. The molecule has 2 aromatic rings. The standard InChI is InChI=1S/C15H20ClN5O/c1-10-15(16)11(2)21(19-10)9-14(22)20-6-4-3-5-13(20)12-7-17-18-8-12/h7-8,13H,3-6,9H2,1-2H3,(H,17,18). The molecular formula is C15H20ClN5O. The molecule has 0 aromatic carbocycles. The zero-order chi connectivity index (χ0) is 15.7. The molecule has 6 nitrogen and oxygen atoms in total. The van der Waals surface area contributed by atoms with Gasteiger partial charge in [-0.1, -0.05) is 11.6 Å². The van der Waals surface area contributed by atoms with Crippen LogP contribution in [0.4, 0.5) is 0 Å². The Labute approximate surface area is 134 Å². The summed E-state index contributed by atoms with van der Waals surface area (Å²) in [6, 6.07) is 0.104. The van der Waals surface area contributed by atoms with Gasteiger partial charge in [0.25, 0.3) is 0 Å². The van der Waals surface area contributed by atoms with Crippen molar-refractivity contribution in [3.8, 4) is 0 Å². The third kappa shape index (κ3) is 2.75. The second-order valence-electron chi connectivity index (χ2n) is 5.77. The number of carbonyl (C=O) groups is 1. The van der Waals surface area contributed by atoms with Crippen LogP contribution < -0.4 is 0 Å². The van der Waals surface area contributed by atoms with Crippen LogP contribution in [0.5, 0.6) is 0 Å². The molecule has 1 aliphatic heterocycles. The molecule has 0 radical (unpaired) electrons. The second-order valence-corrected chi connectivity index (χ2v) is 6.15. The van der Waals surface area contributed by atoms with Crippen molar-refractivity contribution in [2.75, 3.05) is 6.54 Å². The molecule has 118 valence electrons. The first kappa shape index (κ1) is 15.1. The average Bonchev–Trinajstić information content (AvgIpc) is 3.13. The molecule has 22 heavy (non-hydrogen) atoms. The van der Waals surface area contributed by atoms with E-state index >= 15 is 0 Å². The number of piperidine rings is 1. The van der Waals surface area contributed by atoms with Crippen molar-refractivity contribution in [1.29, 1.82) is 0 Å². The number of aromatic amines is 1. The molecule has 1 saturated heterocycles. The Kier molecular flexibility index (Phi) is 4.20. The van der Waals surface area contributed by atoms with Gasteiger partial charge in [0.05, 0.1) is 28.6 Å². The Balaban J connectivity index is 1.79. The largest absolute Gasteiger partial charge is 0.334 e. The van der Waals surface area contributed by atoms with Gasteiger partial charge in [-0.15, -0.1) is 0 Å². The van der Waals surface area contributed by atoms with Crippen LogP contribution in [0.1, 0.15) is 42.3 Å². The third-order valence-corrected chi connectivity index (χ3v) is 4.85. The Morgan fingerprint density at radius 1 is 1.45 bits per heavy atom. The normalized spacial score (nSPS) is 18.7. The number of amides is 1. The number of likely N-dealkylation sites (tertiary alicyclic amines) is 1. The number of nitrogens with zero attached hydrogens (tertiary/aromatic N) is 4. The van der Waals surface area contributed by atoms with Crippen LogP contribution in [0.25, 0.3) is 0 Å². The highest BCUT2D eigenvalue weighted by atomic mass is 35.5. The monoisotopic (exact) mass is 321 g/mol. The van der Waals surface area contributed by atoms with Crippen molar-refractivity contribution < 1.29 is 4.79 Å². The zero-order valence-corrected chi connectivity index (χ0v) is 13.6. The van der Waals surface area contributed by atoms with Crippen molar-refractivity contribution >= 4 is 17.5 Å². The van der Waals surface area contributed by atoms with E-state index in [0.717, 1.165) is 42.8 Å². The summed E-state index contributed by atoms with van der Waals surface area (Å²) in [4.78, 5) is 14.7. The van der Waals surface area contributed by atoms with Gasteiger partial charge in [-0.2, -0.15) is 10.2 Å². The summed E-state index contributed by atoms with van der Waals surface area (Å²) in [6.07, 6.45) is 6.82. The van der Waals surface area contributed by atoms with E-state index < -0.39 is 0 Å². The number of H-pyrrole nitrogens is 1. The molecule has 1 aliphatic rings. The van der Waals surface area contributed by atoms with E-state index in [9.17, 15) is 4.79 Å². The molecule has 0 saturated carbocycles. The highest BCUT2D eigenvalue weighted by Crippen LogP contribution is 2.30. The Morgan fingerprint density at radius 3 is 2.91 bits per heavy atom. The number of hydrogen-bond acceptors (Lipinski definition) is 3. The van der Waals surface area contributed by atoms with Gasteiger partial charge in [-0.25, -0.2) is 0 Å². The van der Waals surface area contributed by atoms with Crippen LogP contribution in [0.3, 0.4) is 0 Å². The van der Waals surface area contributed by atoms with Crippen LogP contribution in [0.15, 0.2) is 12.4 Å². The van der Waals surface area contributed by atoms with E-state index in [1.165, 1.54) is 0 Å². The van der Waals surface area contributed by atoms with Gasteiger partial charge < -0.3 is 4.90 Å². The number of aryl methyl sites for hydroxylation is 1. The Hall–Kier alpha value is -1.82. The first-order chi connectivity index (χ1) is 10.6. The molecule has 1 atom stereocenters. The molecule has 3 heterocycles. The molecule has 7 heteroatoms. The number of aromatic nitrogens is 4. The fourth-order valence-corrected chi connectivity index (χ4v) is 3.20. The molecule has 1 fully saturated rings. The maximum Gasteiger partial charge on any atom is 0.244 e. The summed E-state index contributed by atoms with van der Waals surface area (Å²) in [5, 5.41) is 11.8. The molecule has 0 aliphatic carbocycles. The van der Waals surface area contributed by atoms with E-state index in [-0.39, 0.29) is 18.5 Å². The van der Waals surface area contributed by atoms with Crippen molar-refractivity contribution in [2.45, 2.75) is 45.7 Å². The van der Waals surface area contributed by atoms with E-state index in [4.69, 9.17) is 11.6 Å². The molecule has 0 spiro atoms. The van der Waals surface area contributed by atoms with Crippen molar-refractivity contribution in [2.24, 2.45) is 0 Å². The van der Waals surface area contributed by atoms with Gasteiger partial charge in [0.15, 0.2) is 0 Å². The number of halogens is 1. The van der Waals surface area contributed by atoms with Crippen LogP contribution in [0, 0.1) is 13.8 Å². The van der Waals surface area contributed by atoms with Crippen molar-refractivity contribution in [3.05, 3.63) is 34.4 Å². The minimum atomic E-state index is 0.0770. The maximum atomic E-state index is 12.7.